The van der Waals surface area contributed by atoms with Gasteiger partial charge in [-0.15, -0.1) is 0 Å². The van der Waals surface area contributed by atoms with E-state index < -0.39 is 0 Å². The fourth-order valence-corrected chi connectivity index (χ4v) is 3.45. The molecule has 0 atom stereocenters. The van der Waals surface area contributed by atoms with Gasteiger partial charge in [-0.25, -0.2) is 4.79 Å². The molecular formula is C18H25N3O. The zero-order valence-corrected chi connectivity index (χ0v) is 13.1. The van der Waals surface area contributed by atoms with Crippen LogP contribution in [0.25, 0.3) is 5.69 Å². The molecule has 4 heteroatoms. The number of aromatic nitrogens is 2. The van der Waals surface area contributed by atoms with Crippen molar-refractivity contribution in [2.24, 2.45) is 5.92 Å². The van der Waals surface area contributed by atoms with Crippen LogP contribution in [-0.4, -0.2) is 9.55 Å². The fourth-order valence-electron chi connectivity index (χ4n) is 3.45. The standard InChI is InChI=1S/C18H25N3O/c19-15-9-11-17(12-10-15)21-13-16(20-18(21)22)8-4-3-7-14-5-1-2-6-14/h9-14H,1-8,19H2,(H,20,22). The molecule has 1 aliphatic rings. The quantitative estimate of drug-likeness (QED) is 0.631. The van der Waals surface area contributed by atoms with Crippen molar-refractivity contribution in [2.45, 2.75) is 51.4 Å². The molecule has 1 fully saturated rings. The van der Waals surface area contributed by atoms with Crippen molar-refractivity contribution in [2.75, 3.05) is 5.73 Å². The Hall–Kier alpha value is -1.97. The number of anilines is 1. The Kier molecular flexibility index (Phi) is 4.66. The predicted molar refractivity (Wildman–Crippen MR) is 90.3 cm³/mol. The third kappa shape index (κ3) is 3.62. The molecule has 1 aromatic heterocycles. The normalized spacial score (nSPS) is 15.5. The second-order valence-electron chi connectivity index (χ2n) is 6.44. The van der Waals surface area contributed by atoms with E-state index in [0.717, 1.165) is 30.1 Å². The molecule has 22 heavy (non-hydrogen) atoms. The smallest absolute Gasteiger partial charge is 0.330 e. The van der Waals surface area contributed by atoms with Crippen LogP contribution in [0.5, 0.6) is 0 Å². The second-order valence-corrected chi connectivity index (χ2v) is 6.44. The summed E-state index contributed by atoms with van der Waals surface area (Å²) in [6.07, 6.45) is 12.3. The van der Waals surface area contributed by atoms with Crippen LogP contribution in [0.15, 0.2) is 35.3 Å². The van der Waals surface area contributed by atoms with Gasteiger partial charge in [0.1, 0.15) is 0 Å². The van der Waals surface area contributed by atoms with E-state index in [2.05, 4.69) is 4.98 Å². The van der Waals surface area contributed by atoms with Crippen LogP contribution >= 0.6 is 0 Å². The van der Waals surface area contributed by atoms with E-state index in [1.54, 1.807) is 4.57 Å². The highest BCUT2D eigenvalue weighted by Crippen LogP contribution is 2.29. The van der Waals surface area contributed by atoms with Crippen LogP contribution in [-0.2, 0) is 6.42 Å². The Balaban J connectivity index is 1.55. The Bertz CT molecular complexity index is 648. The Morgan fingerprint density at radius 1 is 1.14 bits per heavy atom. The number of nitrogens with zero attached hydrogens (tertiary/aromatic N) is 1. The summed E-state index contributed by atoms with van der Waals surface area (Å²) in [5, 5.41) is 0. The van der Waals surface area contributed by atoms with Crippen LogP contribution in [0.2, 0.25) is 0 Å². The number of nitrogens with one attached hydrogen (secondary N) is 1. The molecule has 1 heterocycles. The topological polar surface area (TPSA) is 63.8 Å². The number of hydrogen-bond acceptors (Lipinski definition) is 2. The van der Waals surface area contributed by atoms with E-state index in [-0.39, 0.29) is 5.69 Å². The van der Waals surface area contributed by atoms with E-state index in [4.69, 9.17) is 5.73 Å². The minimum Gasteiger partial charge on any atom is -0.399 e. The number of aryl methyl sites for hydroxylation is 1. The Labute approximate surface area is 131 Å². The SMILES string of the molecule is Nc1ccc(-n2cc(CCCCC3CCCC3)[nH]c2=O)cc1. The van der Waals surface area contributed by atoms with Crippen molar-refractivity contribution in [3.63, 3.8) is 0 Å². The molecule has 0 aliphatic heterocycles. The van der Waals surface area contributed by atoms with Crippen LogP contribution in [0.1, 0.15) is 50.6 Å². The number of unbranched alkanes of at least 4 members (excludes halogenated alkanes) is 1. The van der Waals surface area contributed by atoms with Crippen molar-refractivity contribution in [3.8, 4) is 5.69 Å². The summed E-state index contributed by atoms with van der Waals surface area (Å²) in [4.78, 5) is 15.0. The van der Waals surface area contributed by atoms with Gasteiger partial charge in [0.2, 0.25) is 0 Å². The zero-order valence-electron chi connectivity index (χ0n) is 13.1. The lowest BCUT2D eigenvalue weighted by atomic mass is 10.00. The summed E-state index contributed by atoms with van der Waals surface area (Å²) in [6.45, 7) is 0. The molecule has 0 radical (unpaired) electrons. The van der Waals surface area contributed by atoms with E-state index in [1.165, 1.54) is 38.5 Å². The minimum absolute atomic E-state index is 0.0736. The van der Waals surface area contributed by atoms with Crippen molar-refractivity contribution < 1.29 is 0 Å². The average Bonchev–Trinajstić information content (AvgIpc) is 3.14. The molecule has 0 bridgehead atoms. The van der Waals surface area contributed by atoms with E-state index in [1.807, 2.05) is 30.5 Å². The number of H-pyrrole nitrogens is 1. The summed E-state index contributed by atoms with van der Waals surface area (Å²) in [7, 11) is 0. The predicted octanol–water partition coefficient (Wildman–Crippen LogP) is 3.65. The summed E-state index contributed by atoms with van der Waals surface area (Å²) in [5.41, 5.74) is 8.20. The molecule has 2 aromatic rings. The van der Waals surface area contributed by atoms with Crippen molar-refractivity contribution in [1.29, 1.82) is 0 Å². The molecule has 0 unspecified atom stereocenters. The van der Waals surface area contributed by atoms with E-state index >= 15 is 0 Å². The van der Waals surface area contributed by atoms with Crippen LogP contribution in [0, 0.1) is 5.92 Å². The highest BCUT2D eigenvalue weighted by atomic mass is 16.1. The summed E-state index contributed by atoms with van der Waals surface area (Å²) in [5.74, 6) is 0.957. The molecule has 1 aromatic carbocycles. The number of imidazole rings is 1. The van der Waals surface area contributed by atoms with Crippen LogP contribution in [0.3, 0.4) is 0 Å². The molecule has 0 saturated heterocycles. The summed E-state index contributed by atoms with van der Waals surface area (Å²) >= 11 is 0. The number of benzene rings is 1. The van der Waals surface area contributed by atoms with Gasteiger partial charge in [0, 0.05) is 17.6 Å². The van der Waals surface area contributed by atoms with Gasteiger partial charge < -0.3 is 10.7 Å². The molecule has 3 N–H and O–H groups in total. The first-order valence-corrected chi connectivity index (χ1v) is 8.39. The number of aromatic amines is 1. The van der Waals surface area contributed by atoms with Crippen LogP contribution < -0.4 is 11.4 Å². The van der Waals surface area contributed by atoms with Crippen molar-refractivity contribution in [1.82, 2.24) is 9.55 Å². The van der Waals surface area contributed by atoms with Gasteiger partial charge in [-0.05, 0) is 43.0 Å². The first-order chi connectivity index (χ1) is 10.7. The molecule has 1 aliphatic carbocycles. The zero-order chi connectivity index (χ0) is 15.4. The highest BCUT2D eigenvalue weighted by Gasteiger charge is 2.14. The number of nitrogen functional groups attached to an aromatic ring is 1. The molecule has 118 valence electrons. The Morgan fingerprint density at radius 2 is 1.86 bits per heavy atom. The molecular weight excluding hydrogens is 274 g/mol. The third-order valence-electron chi connectivity index (χ3n) is 4.73. The number of nitrogens with two attached hydrogens (primary N) is 1. The fraction of sp³-hybridized carbons (Fsp3) is 0.500. The van der Waals surface area contributed by atoms with Gasteiger partial charge in [-0.2, -0.15) is 0 Å². The van der Waals surface area contributed by atoms with Crippen LogP contribution in [0.4, 0.5) is 5.69 Å². The molecule has 0 spiro atoms. The maximum absolute atomic E-state index is 12.0. The largest absolute Gasteiger partial charge is 0.399 e. The molecule has 1 saturated carbocycles. The van der Waals surface area contributed by atoms with Gasteiger partial charge >= 0.3 is 5.69 Å². The highest BCUT2D eigenvalue weighted by molar-refractivity contribution is 5.45. The summed E-state index contributed by atoms with van der Waals surface area (Å²) < 4.78 is 1.66. The number of rotatable bonds is 6. The van der Waals surface area contributed by atoms with E-state index in [0.29, 0.717) is 5.69 Å². The van der Waals surface area contributed by atoms with E-state index in [9.17, 15) is 4.79 Å². The van der Waals surface area contributed by atoms with Crippen molar-refractivity contribution in [3.05, 3.63) is 46.6 Å². The monoisotopic (exact) mass is 299 g/mol. The molecule has 3 rings (SSSR count). The second kappa shape index (κ2) is 6.86. The lowest BCUT2D eigenvalue weighted by Crippen LogP contribution is -2.13. The number of hydrogen-bond donors (Lipinski definition) is 2. The van der Waals surface area contributed by atoms with Gasteiger partial charge in [0.05, 0.1) is 5.69 Å². The van der Waals surface area contributed by atoms with Gasteiger partial charge in [0.25, 0.3) is 0 Å². The first-order valence-electron chi connectivity index (χ1n) is 8.39. The molecule has 0 amide bonds. The Morgan fingerprint density at radius 3 is 2.59 bits per heavy atom. The maximum Gasteiger partial charge on any atom is 0.330 e. The lowest BCUT2D eigenvalue weighted by Gasteiger charge is -2.07. The van der Waals surface area contributed by atoms with Gasteiger partial charge in [-0.1, -0.05) is 38.5 Å². The third-order valence-corrected chi connectivity index (χ3v) is 4.73. The molecule has 4 nitrogen and oxygen atoms in total. The maximum atomic E-state index is 12.0. The van der Waals surface area contributed by atoms with Gasteiger partial charge in [0.15, 0.2) is 0 Å². The minimum atomic E-state index is -0.0736. The van der Waals surface area contributed by atoms with Crippen molar-refractivity contribution >= 4 is 5.69 Å². The first kappa shape index (κ1) is 14.9. The van der Waals surface area contributed by atoms with Gasteiger partial charge in [-0.3, -0.25) is 4.57 Å². The summed E-state index contributed by atoms with van der Waals surface area (Å²) in [6, 6.07) is 7.37. The average molecular weight is 299 g/mol. The lowest BCUT2D eigenvalue weighted by molar-refractivity contribution is 0.473.